The van der Waals surface area contributed by atoms with Crippen LogP contribution in [0.15, 0.2) is 18.2 Å². The molecule has 0 atom stereocenters. The van der Waals surface area contributed by atoms with Crippen LogP contribution in [0.5, 0.6) is 0 Å². The van der Waals surface area contributed by atoms with Crippen LogP contribution in [-0.4, -0.2) is 62.1 Å². The van der Waals surface area contributed by atoms with E-state index in [1.54, 1.807) is 7.11 Å². The van der Waals surface area contributed by atoms with Gasteiger partial charge >= 0.3 is 0 Å². The maximum atomic E-state index is 13.0. The molecule has 1 aromatic rings. The van der Waals surface area contributed by atoms with Gasteiger partial charge in [0.2, 0.25) is 5.91 Å². The molecule has 1 heterocycles. The van der Waals surface area contributed by atoms with E-state index in [9.17, 15) is 4.79 Å². The summed E-state index contributed by atoms with van der Waals surface area (Å²) in [6.07, 6.45) is 3.55. The molecule has 0 N–H and O–H groups in total. The van der Waals surface area contributed by atoms with Crippen molar-refractivity contribution in [2.45, 2.75) is 45.6 Å². The maximum absolute atomic E-state index is 13.0. The van der Waals surface area contributed by atoms with Crippen molar-refractivity contribution in [3.8, 4) is 0 Å². The van der Waals surface area contributed by atoms with Gasteiger partial charge in [-0.15, -0.1) is 0 Å². The lowest BCUT2D eigenvalue weighted by molar-refractivity contribution is -0.134. The molecular weight excluding hydrogens is 300 g/mol. The summed E-state index contributed by atoms with van der Waals surface area (Å²) in [6, 6.07) is 6.74. The summed E-state index contributed by atoms with van der Waals surface area (Å²) >= 11 is 0. The molecule has 0 bridgehead atoms. The van der Waals surface area contributed by atoms with Gasteiger partial charge in [0.15, 0.2) is 0 Å². The largest absolute Gasteiger partial charge is 0.385 e. The number of benzene rings is 1. The summed E-state index contributed by atoms with van der Waals surface area (Å²) in [4.78, 5) is 17.5. The SMILES string of the molecule is COCCCN(C(=O)Cc1cc(C)ccc1C)C1CCN(C)CC1. The molecule has 1 saturated heterocycles. The van der Waals surface area contributed by atoms with Crippen LogP contribution in [0.25, 0.3) is 0 Å². The molecule has 24 heavy (non-hydrogen) atoms. The first kappa shape index (κ1) is 18.9. The molecule has 0 spiro atoms. The van der Waals surface area contributed by atoms with E-state index in [1.807, 2.05) is 0 Å². The van der Waals surface area contributed by atoms with E-state index < -0.39 is 0 Å². The molecule has 0 unspecified atom stereocenters. The van der Waals surface area contributed by atoms with E-state index in [0.717, 1.165) is 44.5 Å². The molecule has 1 fully saturated rings. The van der Waals surface area contributed by atoms with Gasteiger partial charge in [0.25, 0.3) is 0 Å². The van der Waals surface area contributed by atoms with E-state index in [1.165, 1.54) is 11.1 Å². The average Bonchev–Trinajstić information content (AvgIpc) is 2.56. The van der Waals surface area contributed by atoms with Gasteiger partial charge in [-0.05, 0) is 64.4 Å². The van der Waals surface area contributed by atoms with E-state index in [-0.39, 0.29) is 5.91 Å². The number of ether oxygens (including phenoxy) is 1. The van der Waals surface area contributed by atoms with Crippen LogP contribution in [0.3, 0.4) is 0 Å². The number of carbonyl (C=O) groups excluding carboxylic acids is 1. The van der Waals surface area contributed by atoms with Crippen molar-refractivity contribution in [1.82, 2.24) is 9.80 Å². The highest BCUT2D eigenvalue weighted by atomic mass is 16.5. The van der Waals surface area contributed by atoms with Crippen molar-refractivity contribution in [2.24, 2.45) is 0 Å². The van der Waals surface area contributed by atoms with Crippen molar-refractivity contribution in [1.29, 1.82) is 0 Å². The van der Waals surface area contributed by atoms with Crippen molar-refractivity contribution in [2.75, 3.05) is 40.4 Å². The number of nitrogens with zero attached hydrogens (tertiary/aromatic N) is 2. The third-order valence-electron chi connectivity index (χ3n) is 5.04. The zero-order chi connectivity index (χ0) is 17.5. The monoisotopic (exact) mass is 332 g/mol. The third-order valence-corrected chi connectivity index (χ3v) is 5.04. The molecule has 1 aliphatic heterocycles. The zero-order valence-electron chi connectivity index (χ0n) is 15.7. The fraction of sp³-hybridized carbons (Fsp3) is 0.650. The standard InChI is InChI=1S/C20H32N2O2/c1-16-6-7-17(2)18(14-16)15-20(23)22(10-5-13-24-4)19-8-11-21(3)12-9-19/h6-7,14,19H,5,8-13,15H2,1-4H3. The van der Waals surface area contributed by atoms with E-state index >= 15 is 0 Å². The molecule has 0 radical (unpaired) electrons. The fourth-order valence-corrected chi connectivity index (χ4v) is 3.45. The molecule has 2 rings (SSSR count). The molecule has 0 aliphatic carbocycles. The second-order valence-electron chi connectivity index (χ2n) is 7.07. The average molecular weight is 332 g/mol. The van der Waals surface area contributed by atoms with Crippen molar-refractivity contribution in [3.63, 3.8) is 0 Å². The van der Waals surface area contributed by atoms with Crippen LogP contribution >= 0.6 is 0 Å². The van der Waals surface area contributed by atoms with Gasteiger partial charge < -0.3 is 14.5 Å². The zero-order valence-corrected chi connectivity index (χ0v) is 15.7. The highest BCUT2D eigenvalue weighted by Crippen LogP contribution is 2.19. The predicted octanol–water partition coefficient (Wildman–Crippen LogP) is 2.81. The van der Waals surface area contributed by atoms with Crippen molar-refractivity contribution in [3.05, 3.63) is 34.9 Å². The number of piperidine rings is 1. The van der Waals surface area contributed by atoms with E-state index in [4.69, 9.17) is 4.74 Å². The van der Waals surface area contributed by atoms with Crippen molar-refractivity contribution >= 4 is 5.91 Å². The molecule has 0 saturated carbocycles. The minimum absolute atomic E-state index is 0.259. The normalized spacial score (nSPS) is 16.3. The van der Waals surface area contributed by atoms with E-state index in [0.29, 0.717) is 19.1 Å². The molecule has 1 aliphatic rings. The lowest BCUT2D eigenvalue weighted by Crippen LogP contribution is -2.47. The molecule has 4 nitrogen and oxygen atoms in total. The summed E-state index contributed by atoms with van der Waals surface area (Å²) in [7, 11) is 3.88. The minimum atomic E-state index is 0.259. The maximum Gasteiger partial charge on any atom is 0.227 e. The summed E-state index contributed by atoms with van der Waals surface area (Å²) < 4.78 is 5.18. The molecular formula is C20H32N2O2. The van der Waals surface area contributed by atoms with Crippen LogP contribution in [0.1, 0.15) is 36.0 Å². The van der Waals surface area contributed by atoms with Gasteiger partial charge in [-0.25, -0.2) is 0 Å². The summed E-state index contributed by atoms with van der Waals surface area (Å²) in [5.41, 5.74) is 3.58. The van der Waals surface area contributed by atoms with Crippen molar-refractivity contribution < 1.29 is 9.53 Å². The number of carbonyl (C=O) groups is 1. The first-order valence-electron chi connectivity index (χ1n) is 9.04. The Bertz CT molecular complexity index is 536. The second kappa shape index (κ2) is 9.19. The van der Waals surface area contributed by atoms with Gasteiger partial charge in [0.05, 0.1) is 6.42 Å². The highest BCUT2D eigenvalue weighted by Gasteiger charge is 2.26. The molecule has 4 heteroatoms. The Hall–Kier alpha value is -1.39. The quantitative estimate of drug-likeness (QED) is 0.720. The Morgan fingerprint density at radius 2 is 2.00 bits per heavy atom. The number of likely N-dealkylation sites (tertiary alicyclic amines) is 1. The number of methoxy groups -OCH3 is 1. The van der Waals surface area contributed by atoms with E-state index in [2.05, 4.69) is 48.9 Å². The van der Waals surface area contributed by atoms with Crippen LogP contribution in [0, 0.1) is 13.8 Å². The number of hydrogen-bond donors (Lipinski definition) is 0. The highest BCUT2D eigenvalue weighted by molar-refractivity contribution is 5.79. The topological polar surface area (TPSA) is 32.8 Å². The van der Waals surface area contributed by atoms with Gasteiger partial charge in [0, 0.05) is 26.3 Å². The first-order valence-corrected chi connectivity index (χ1v) is 9.04. The number of amides is 1. The third kappa shape index (κ3) is 5.32. The Labute approximate surface area is 146 Å². The second-order valence-corrected chi connectivity index (χ2v) is 7.07. The molecule has 0 aromatic heterocycles. The predicted molar refractivity (Wildman–Crippen MR) is 98.3 cm³/mol. The van der Waals surface area contributed by atoms with Crippen LogP contribution in [0.4, 0.5) is 0 Å². The first-order chi connectivity index (χ1) is 11.5. The van der Waals surface area contributed by atoms with Gasteiger partial charge in [-0.3, -0.25) is 4.79 Å². The van der Waals surface area contributed by atoms with Gasteiger partial charge in [-0.2, -0.15) is 0 Å². The minimum Gasteiger partial charge on any atom is -0.385 e. The lowest BCUT2D eigenvalue weighted by Gasteiger charge is -2.37. The Morgan fingerprint density at radius 3 is 2.67 bits per heavy atom. The molecule has 1 aromatic carbocycles. The summed E-state index contributed by atoms with van der Waals surface area (Å²) in [5, 5.41) is 0. The summed E-state index contributed by atoms with van der Waals surface area (Å²) in [6.45, 7) is 7.82. The fourth-order valence-electron chi connectivity index (χ4n) is 3.45. The molecule has 134 valence electrons. The van der Waals surface area contributed by atoms with Crippen LogP contribution < -0.4 is 0 Å². The Balaban J connectivity index is 2.06. The van der Waals surface area contributed by atoms with Crippen LogP contribution in [-0.2, 0) is 16.0 Å². The Kier molecular flexibility index (Phi) is 7.25. The Morgan fingerprint density at radius 1 is 1.29 bits per heavy atom. The number of hydrogen-bond acceptors (Lipinski definition) is 3. The van der Waals surface area contributed by atoms with Crippen LogP contribution in [0.2, 0.25) is 0 Å². The lowest BCUT2D eigenvalue weighted by atomic mass is 9.99. The van der Waals surface area contributed by atoms with Gasteiger partial charge in [0.1, 0.15) is 0 Å². The molecule has 1 amide bonds. The smallest absolute Gasteiger partial charge is 0.227 e. The number of aryl methyl sites for hydroxylation is 2. The summed E-state index contributed by atoms with van der Waals surface area (Å²) in [5.74, 6) is 0.259. The number of rotatable bonds is 7. The van der Waals surface area contributed by atoms with Gasteiger partial charge in [-0.1, -0.05) is 23.8 Å².